The number of unbranched alkanes of at least 4 members (excludes halogenated alkanes) is 12. The van der Waals surface area contributed by atoms with Crippen molar-refractivity contribution >= 4 is 11.9 Å². The Bertz CT molecular complexity index is 910. The van der Waals surface area contributed by atoms with E-state index in [1.807, 2.05) is 6.08 Å². The van der Waals surface area contributed by atoms with E-state index in [2.05, 4.69) is 70.3 Å². The lowest BCUT2D eigenvalue weighted by Crippen LogP contribution is -2.31. The van der Waals surface area contributed by atoms with Crippen LogP contribution in [-0.2, 0) is 19.1 Å². The number of nitrogens with zero attached hydrogens (tertiary/aromatic N) is 1. The van der Waals surface area contributed by atoms with E-state index in [9.17, 15) is 9.59 Å². The van der Waals surface area contributed by atoms with Gasteiger partial charge in [0.25, 0.3) is 0 Å². The molecule has 0 aromatic carbocycles. The fraction of sp³-hybridized carbons (Fsp3) is 0.841. The molecule has 5 nitrogen and oxygen atoms in total. The molecule has 0 spiro atoms. The van der Waals surface area contributed by atoms with Crippen LogP contribution >= 0.6 is 0 Å². The number of hydrogen-bond acceptors (Lipinski definition) is 5. The highest BCUT2D eigenvalue weighted by Gasteiger charge is 2.14. The monoisotopic (exact) mass is 686 g/mol. The maximum atomic E-state index is 12.3. The molecule has 0 amide bonds. The molecule has 0 saturated carbocycles. The van der Waals surface area contributed by atoms with Crippen molar-refractivity contribution in [3.8, 4) is 0 Å². The van der Waals surface area contributed by atoms with Crippen molar-refractivity contribution in [3.63, 3.8) is 0 Å². The number of esters is 2. The van der Waals surface area contributed by atoms with Gasteiger partial charge in [-0.25, -0.2) is 0 Å². The van der Waals surface area contributed by atoms with Crippen molar-refractivity contribution in [2.75, 3.05) is 26.8 Å². The third kappa shape index (κ3) is 31.7. The summed E-state index contributed by atoms with van der Waals surface area (Å²) in [6, 6.07) is 0.570. The minimum atomic E-state index is -0.0623. The summed E-state index contributed by atoms with van der Waals surface area (Å²) in [6.07, 6.45) is 28.8. The SMILES string of the molecule is C=C=C=C=CC(CCCCC)CCOC(=O)CCCCCCCC(CCCCCCCC(=O)OCCC(C)CCCCC)CN(C)C(C)C. The van der Waals surface area contributed by atoms with Crippen LogP contribution < -0.4 is 0 Å². The summed E-state index contributed by atoms with van der Waals surface area (Å²) < 4.78 is 11.0. The Morgan fingerprint density at radius 3 is 1.67 bits per heavy atom. The fourth-order valence-electron chi connectivity index (χ4n) is 6.32. The summed E-state index contributed by atoms with van der Waals surface area (Å²) in [6.45, 7) is 17.0. The Kier molecular flexibility index (Phi) is 33.0. The smallest absolute Gasteiger partial charge is 0.305 e. The van der Waals surface area contributed by atoms with E-state index in [1.54, 1.807) is 0 Å². The second kappa shape index (κ2) is 34.4. The van der Waals surface area contributed by atoms with Gasteiger partial charge in [0, 0.05) is 25.4 Å². The van der Waals surface area contributed by atoms with Gasteiger partial charge in [-0.05, 0) is 102 Å². The van der Waals surface area contributed by atoms with Crippen molar-refractivity contribution < 1.29 is 19.1 Å². The molecule has 3 unspecified atom stereocenters. The van der Waals surface area contributed by atoms with E-state index in [0.717, 1.165) is 50.9 Å². The molecule has 0 aromatic heterocycles. The normalized spacial score (nSPS) is 13.0. The van der Waals surface area contributed by atoms with Crippen LogP contribution in [0.25, 0.3) is 0 Å². The first kappa shape index (κ1) is 47.0. The zero-order valence-electron chi connectivity index (χ0n) is 33.3. The topological polar surface area (TPSA) is 55.8 Å². The van der Waals surface area contributed by atoms with E-state index in [0.29, 0.717) is 43.9 Å². The van der Waals surface area contributed by atoms with E-state index in [-0.39, 0.29) is 11.9 Å². The average Bonchev–Trinajstić information content (AvgIpc) is 3.07. The number of rotatable bonds is 34. The summed E-state index contributed by atoms with van der Waals surface area (Å²) >= 11 is 0. The van der Waals surface area contributed by atoms with Crippen LogP contribution in [-0.4, -0.2) is 49.7 Å². The van der Waals surface area contributed by atoms with Gasteiger partial charge in [0.2, 0.25) is 0 Å². The highest BCUT2D eigenvalue weighted by molar-refractivity contribution is 5.69. The van der Waals surface area contributed by atoms with Crippen molar-refractivity contribution in [2.45, 2.75) is 195 Å². The van der Waals surface area contributed by atoms with Crippen LogP contribution in [0.1, 0.15) is 189 Å². The number of carbonyl (C=O) groups is 2. The quantitative estimate of drug-likeness (QED) is 0.0383. The van der Waals surface area contributed by atoms with Gasteiger partial charge in [0.05, 0.1) is 13.2 Å². The maximum absolute atomic E-state index is 12.3. The highest BCUT2D eigenvalue weighted by Crippen LogP contribution is 2.21. The average molecular weight is 686 g/mol. The molecule has 0 aliphatic heterocycles. The first-order chi connectivity index (χ1) is 23.7. The molecular formula is C44H79NO4. The molecule has 284 valence electrons. The molecule has 0 saturated heterocycles. The Labute approximate surface area is 304 Å². The third-order valence-electron chi connectivity index (χ3n) is 10.00. The van der Waals surface area contributed by atoms with E-state index in [4.69, 9.17) is 9.47 Å². The lowest BCUT2D eigenvalue weighted by Gasteiger charge is -2.27. The van der Waals surface area contributed by atoms with E-state index in [1.165, 1.54) is 103 Å². The molecule has 0 aliphatic carbocycles. The number of ether oxygens (including phenoxy) is 2. The maximum Gasteiger partial charge on any atom is 0.305 e. The number of allylic oxidation sites excluding steroid dienone is 1. The van der Waals surface area contributed by atoms with Crippen LogP contribution in [0.4, 0.5) is 0 Å². The Balaban J connectivity index is 4.12. The summed E-state index contributed by atoms with van der Waals surface area (Å²) in [5, 5.41) is 0. The summed E-state index contributed by atoms with van der Waals surface area (Å²) in [5.41, 5.74) is 8.40. The predicted molar refractivity (Wildman–Crippen MR) is 209 cm³/mol. The van der Waals surface area contributed by atoms with Crippen molar-refractivity contribution in [3.05, 3.63) is 29.8 Å². The van der Waals surface area contributed by atoms with E-state index < -0.39 is 0 Å². The largest absolute Gasteiger partial charge is 0.466 e. The Morgan fingerprint density at radius 1 is 0.653 bits per heavy atom. The molecule has 49 heavy (non-hydrogen) atoms. The van der Waals surface area contributed by atoms with Gasteiger partial charge in [-0.1, -0.05) is 129 Å². The van der Waals surface area contributed by atoms with Gasteiger partial charge in [-0.3, -0.25) is 9.59 Å². The summed E-state index contributed by atoms with van der Waals surface area (Å²) in [7, 11) is 2.25. The van der Waals surface area contributed by atoms with Gasteiger partial charge >= 0.3 is 11.9 Å². The molecule has 3 atom stereocenters. The minimum absolute atomic E-state index is 0.0150. The highest BCUT2D eigenvalue weighted by atomic mass is 16.5. The summed E-state index contributed by atoms with van der Waals surface area (Å²) in [4.78, 5) is 26.9. The molecule has 0 bridgehead atoms. The third-order valence-corrected chi connectivity index (χ3v) is 10.00. The second-order valence-electron chi connectivity index (χ2n) is 15.0. The van der Waals surface area contributed by atoms with Crippen LogP contribution in [0, 0.1) is 17.8 Å². The van der Waals surface area contributed by atoms with Gasteiger partial charge in [-0.2, -0.15) is 0 Å². The van der Waals surface area contributed by atoms with E-state index >= 15 is 0 Å². The second-order valence-corrected chi connectivity index (χ2v) is 15.0. The van der Waals surface area contributed by atoms with Crippen LogP contribution in [0.2, 0.25) is 0 Å². The molecule has 0 aliphatic rings. The first-order valence-electron chi connectivity index (χ1n) is 20.6. The van der Waals surface area contributed by atoms with Crippen molar-refractivity contribution in [1.82, 2.24) is 4.90 Å². The number of carbonyl (C=O) groups excluding carboxylic acids is 2. The van der Waals surface area contributed by atoms with Gasteiger partial charge in [0.1, 0.15) is 0 Å². The molecule has 0 N–H and O–H groups in total. The lowest BCUT2D eigenvalue weighted by atomic mass is 9.93. The molecule has 5 heteroatoms. The molecule has 0 aromatic rings. The molecule has 0 fully saturated rings. The van der Waals surface area contributed by atoms with Crippen molar-refractivity contribution in [1.29, 1.82) is 0 Å². The Hall–Kier alpha value is -2.02. The zero-order valence-corrected chi connectivity index (χ0v) is 33.3. The zero-order chi connectivity index (χ0) is 36.4. The van der Waals surface area contributed by atoms with Crippen LogP contribution in [0.3, 0.4) is 0 Å². The standard InChI is InChI=1S/C44H79NO4/c1-8-11-20-27-40(6)34-36-48-43(46)32-25-18-14-16-23-30-42(38-45(7)39(4)5)31-24-17-15-19-26-33-44(47)49-37-35-41(28-21-12-9-2)29-22-13-10-3/h28,39-42H,2,8,10-11,13-20,22-27,29-38H2,1,3-7H3. The van der Waals surface area contributed by atoms with Gasteiger partial charge < -0.3 is 14.4 Å². The first-order valence-corrected chi connectivity index (χ1v) is 20.6. The minimum Gasteiger partial charge on any atom is -0.466 e. The molecule has 0 rings (SSSR count). The molecule has 0 radical (unpaired) electrons. The van der Waals surface area contributed by atoms with Crippen molar-refractivity contribution in [2.24, 2.45) is 17.8 Å². The summed E-state index contributed by atoms with van der Waals surface area (Å²) in [5.74, 6) is 1.67. The van der Waals surface area contributed by atoms with Gasteiger partial charge in [-0.15, -0.1) is 0 Å². The molecule has 0 heterocycles. The van der Waals surface area contributed by atoms with Crippen LogP contribution in [0.5, 0.6) is 0 Å². The lowest BCUT2D eigenvalue weighted by molar-refractivity contribution is -0.145. The predicted octanol–water partition coefficient (Wildman–Crippen LogP) is 12.3. The van der Waals surface area contributed by atoms with Crippen LogP contribution in [0.15, 0.2) is 29.8 Å². The number of hydrogen-bond donors (Lipinski definition) is 0. The molecular weight excluding hydrogens is 606 g/mol. The van der Waals surface area contributed by atoms with Gasteiger partial charge in [0.15, 0.2) is 0 Å². The fourth-order valence-corrected chi connectivity index (χ4v) is 6.32. The Morgan fingerprint density at radius 2 is 1.14 bits per heavy atom.